The van der Waals surface area contributed by atoms with E-state index in [-0.39, 0.29) is 12.5 Å². The van der Waals surface area contributed by atoms with Gasteiger partial charge in [0.15, 0.2) is 0 Å². The predicted molar refractivity (Wildman–Crippen MR) is 113 cm³/mol. The van der Waals surface area contributed by atoms with E-state index < -0.39 is 30.0 Å². The number of benzene rings is 1. The van der Waals surface area contributed by atoms with Crippen molar-refractivity contribution in [3.8, 4) is 0 Å². The van der Waals surface area contributed by atoms with Crippen LogP contribution in [0.4, 0.5) is 18.0 Å². The first-order valence-electron chi connectivity index (χ1n) is 9.97. The van der Waals surface area contributed by atoms with Gasteiger partial charge < -0.3 is 10.2 Å². The average molecular weight is 447 g/mol. The van der Waals surface area contributed by atoms with Crippen molar-refractivity contribution >= 4 is 17.6 Å². The minimum absolute atomic E-state index is 0.156. The maximum absolute atomic E-state index is 12.8. The lowest BCUT2D eigenvalue weighted by atomic mass is 10.0. The van der Waals surface area contributed by atoms with Gasteiger partial charge in [-0.25, -0.2) is 9.80 Å². The van der Waals surface area contributed by atoms with Gasteiger partial charge in [0.1, 0.15) is 5.69 Å². The number of carbonyl (C=O) groups excluding carboxylic acids is 2. The molecule has 0 unspecified atom stereocenters. The van der Waals surface area contributed by atoms with Gasteiger partial charge in [-0.1, -0.05) is 35.9 Å². The summed E-state index contributed by atoms with van der Waals surface area (Å²) in [7, 11) is 1.65. The van der Waals surface area contributed by atoms with E-state index in [0.717, 1.165) is 23.4 Å². The Morgan fingerprint density at radius 3 is 2.38 bits per heavy atom. The Balaban J connectivity index is 1.78. The molecule has 170 valence electrons. The maximum atomic E-state index is 12.8. The Morgan fingerprint density at radius 1 is 1.19 bits per heavy atom. The fourth-order valence-electron chi connectivity index (χ4n) is 3.29. The number of aryl methyl sites for hydroxylation is 1. The molecule has 1 aromatic carbocycles. The normalized spacial score (nSPS) is 17.0. The quantitative estimate of drug-likeness (QED) is 0.776. The van der Waals surface area contributed by atoms with Crippen molar-refractivity contribution in [1.29, 1.82) is 0 Å². The van der Waals surface area contributed by atoms with Crippen LogP contribution in [0.15, 0.2) is 47.7 Å². The fraction of sp³-hybridized carbons (Fsp3) is 0.364. The van der Waals surface area contributed by atoms with E-state index in [1.165, 1.54) is 22.9 Å². The van der Waals surface area contributed by atoms with Crippen molar-refractivity contribution < 1.29 is 22.8 Å². The molecule has 1 aliphatic rings. The summed E-state index contributed by atoms with van der Waals surface area (Å²) in [4.78, 5) is 29.7. The Morgan fingerprint density at radius 2 is 1.84 bits per heavy atom. The lowest BCUT2D eigenvalue weighted by Gasteiger charge is -2.25. The van der Waals surface area contributed by atoms with Crippen LogP contribution < -0.4 is 5.32 Å². The van der Waals surface area contributed by atoms with Crippen LogP contribution in [-0.4, -0.2) is 52.2 Å². The van der Waals surface area contributed by atoms with E-state index in [0.29, 0.717) is 11.3 Å². The van der Waals surface area contributed by atoms with Gasteiger partial charge in [0, 0.05) is 20.2 Å². The second-order valence-electron chi connectivity index (χ2n) is 7.72. The highest BCUT2D eigenvalue weighted by Gasteiger charge is 2.35. The molecule has 32 heavy (non-hydrogen) atoms. The van der Waals surface area contributed by atoms with E-state index in [1.54, 1.807) is 14.0 Å². The Hall–Kier alpha value is -3.43. The van der Waals surface area contributed by atoms with Crippen LogP contribution in [0.25, 0.3) is 0 Å². The van der Waals surface area contributed by atoms with Gasteiger partial charge in [-0.3, -0.25) is 9.78 Å². The molecule has 1 aliphatic heterocycles. The minimum atomic E-state index is -4.53. The maximum Gasteiger partial charge on any atom is 0.433 e. The van der Waals surface area contributed by atoms with Crippen LogP contribution in [-0.2, 0) is 11.0 Å². The summed E-state index contributed by atoms with van der Waals surface area (Å²) in [5.41, 5.74) is 1.87. The Kier molecular flexibility index (Phi) is 6.52. The van der Waals surface area contributed by atoms with Crippen LogP contribution in [0.2, 0.25) is 0 Å². The Labute approximate surface area is 183 Å². The summed E-state index contributed by atoms with van der Waals surface area (Å²) in [6.45, 7) is 5.19. The van der Waals surface area contributed by atoms with E-state index in [1.807, 2.05) is 31.2 Å². The van der Waals surface area contributed by atoms with E-state index >= 15 is 0 Å². The number of pyridine rings is 1. The van der Waals surface area contributed by atoms with Crippen LogP contribution in [0.5, 0.6) is 0 Å². The topological polar surface area (TPSA) is 77.9 Å². The highest BCUT2D eigenvalue weighted by atomic mass is 19.4. The largest absolute Gasteiger partial charge is 0.433 e. The van der Waals surface area contributed by atoms with Gasteiger partial charge in [-0.05, 0) is 31.0 Å². The lowest BCUT2D eigenvalue weighted by Crippen LogP contribution is -2.45. The van der Waals surface area contributed by atoms with Crippen LogP contribution >= 0.6 is 0 Å². The summed E-state index contributed by atoms with van der Waals surface area (Å²) in [5.74, 6) is -0.165. The van der Waals surface area contributed by atoms with Crippen molar-refractivity contribution in [3.05, 3.63) is 65.0 Å². The molecule has 0 spiro atoms. The first-order valence-corrected chi connectivity index (χ1v) is 9.97. The Bertz CT molecular complexity index is 1020. The van der Waals surface area contributed by atoms with Gasteiger partial charge in [-0.15, -0.1) is 0 Å². The molecule has 0 saturated carbocycles. The third kappa shape index (κ3) is 5.06. The van der Waals surface area contributed by atoms with Crippen LogP contribution in [0, 0.1) is 6.92 Å². The second-order valence-corrected chi connectivity index (χ2v) is 7.72. The van der Waals surface area contributed by atoms with E-state index in [9.17, 15) is 22.8 Å². The van der Waals surface area contributed by atoms with E-state index in [4.69, 9.17) is 0 Å². The summed E-state index contributed by atoms with van der Waals surface area (Å²) >= 11 is 0. The van der Waals surface area contributed by atoms with Gasteiger partial charge in [-0.2, -0.15) is 18.3 Å². The molecule has 3 rings (SSSR count). The number of rotatable bonds is 4. The minimum Gasteiger partial charge on any atom is -0.335 e. The first-order chi connectivity index (χ1) is 15.0. The summed E-state index contributed by atoms with van der Waals surface area (Å²) in [6.07, 6.45) is -3.44. The summed E-state index contributed by atoms with van der Waals surface area (Å²) in [5, 5.41) is 8.40. The number of hydrogen-bond acceptors (Lipinski definition) is 4. The predicted octanol–water partition coefficient (Wildman–Crippen LogP) is 3.75. The number of alkyl halides is 3. The molecule has 0 radical (unpaired) electrons. The molecule has 1 N–H and O–H groups in total. The molecule has 2 aromatic rings. The number of nitrogens with zero attached hydrogens (tertiary/aromatic N) is 4. The number of urea groups is 1. The molecule has 1 aromatic heterocycles. The third-order valence-corrected chi connectivity index (χ3v) is 5.35. The standard InChI is InChI=1S/C22H24F3N5O2/c1-13-5-7-16(8-6-13)20-18(29(4)15(3)31)12-30(28-20)21(32)27-14(2)17-9-10-19(26-11-17)22(23,24)25/h5-11,14,18H,12H2,1-4H3,(H,27,32)/t14-,18+/m1/s1. The summed E-state index contributed by atoms with van der Waals surface area (Å²) < 4.78 is 38.1. The lowest BCUT2D eigenvalue weighted by molar-refractivity contribution is -0.141. The number of halogens is 3. The number of hydrogen-bond donors (Lipinski definition) is 1. The molecule has 0 aliphatic carbocycles. The first kappa shape index (κ1) is 23.2. The van der Waals surface area contributed by atoms with Gasteiger partial charge in [0.25, 0.3) is 0 Å². The summed E-state index contributed by atoms with van der Waals surface area (Å²) in [6, 6.07) is 8.21. The molecule has 2 heterocycles. The zero-order valence-corrected chi connectivity index (χ0v) is 18.1. The van der Waals surface area contributed by atoms with Crippen molar-refractivity contribution in [2.24, 2.45) is 5.10 Å². The van der Waals surface area contributed by atoms with Gasteiger partial charge in [0.2, 0.25) is 5.91 Å². The highest BCUT2D eigenvalue weighted by molar-refractivity contribution is 6.07. The van der Waals surface area contributed by atoms with Crippen LogP contribution in [0.3, 0.4) is 0 Å². The molecular formula is C22H24F3N5O2. The highest BCUT2D eigenvalue weighted by Crippen LogP contribution is 2.28. The van der Waals surface area contributed by atoms with Crippen molar-refractivity contribution in [2.45, 2.75) is 39.0 Å². The number of carbonyl (C=O) groups is 2. The molecule has 0 saturated heterocycles. The number of likely N-dealkylation sites (N-methyl/N-ethyl adjacent to an activating group) is 1. The third-order valence-electron chi connectivity index (χ3n) is 5.35. The monoisotopic (exact) mass is 447 g/mol. The van der Waals surface area contributed by atoms with E-state index in [2.05, 4.69) is 15.4 Å². The average Bonchev–Trinajstić information content (AvgIpc) is 3.18. The van der Waals surface area contributed by atoms with Gasteiger partial charge in [0.05, 0.1) is 24.3 Å². The second kappa shape index (κ2) is 8.97. The van der Waals surface area contributed by atoms with Gasteiger partial charge >= 0.3 is 12.2 Å². The van der Waals surface area contributed by atoms with Crippen molar-refractivity contribution in [2.75, 3.05) is 13.6 Å². The zero-order valence-electron chi connectivity index (χ0n) is 18.1. The number of amides is 3. The smallest absolute Gasteiger partial charge is 0.335 e. The molecule has 3 amide bonds. The van der Waals surface area contributed by atoms with Crippen molar-refractivity contribution in [1.82, 2.24) is 20.2 Å². The molecule has 7 nitrogen and oxygen atoms in total. The zero-order chi connectivity index (χ0) is 23.6. The number of hydrazone groups is 1. The molecular weight excluding hydrogens is 423 g/mol. The molecule has 0 fully saturated rings. The number of nitrogens with one attached hydrogen (secondary N) is 1. The molecule has 0 bridgehead atoms. The molecule has 10 heteroatoms. The number of aromatic nitrogens is 1. The van der Waals surface area contributed by atoms with Crippen molar-refractivity contribution in [3.63, 3.8) is 0 Å². The fourth-order valence-corrected chi connectivity index (χ4v) is 3.29. The van der Waals surface area contributed by atoms with Crippen LogP contribution in [0.1, 0.15) is 42.3 Å². The SMILES string of the molecule is CC(=O)N(C)[C@H]1CN(C(=O)N[C@H](C)c2ccc(C(F)(F)F)nc2)N=C1c1ccc(C)cc1. The molecule has 2 atom stereocenters.